The first kappa shape index (κ1) is 14.6. The topological polar surface area (TPSA) is 107 Å². The number of carbonyl (C=O) groups is 1. The molecule has 18 heavy (non-hydrogen) atoms. The molecule has 0 saturated heterocycles. The number of rotatable bonds is 3. The van der Waals surface area contributed by atoms with E-state index < -0.39 is 0 Å². The summed E-state index contributed by atoms with van der Waals surface area (Å²) < 4.78 is 0. The first-order valence-electron chi connectivity index (χ1n) is 5.56. The normalized spacial score (nSPS) is 13.1. The summed E-state index contributed by atoms with van der Waals surface area (Å²) in [5.74, 6) is 0.527. The molecule has 0 saturated carbocycles. The fraction of sp³-hybridized carbons (Fsp3) is 0.545. The van der Waals surface area contributed by atoms with Gasteiger partial charge in [-0.05, 0) is 27.7 Å². The van der Waals surface area contributed by atoms with E-state index >= 15 is 0 Å². The van der Waals surface area contributed by atoms with Crippen LogP contribution in [-0.2, 0) is 4.79 Å². The molecule has 0 fully saturated rings. The van der Waals surface area contributed by atoms with Crippen LogP contribution in [0.1, 0.15) is 27.7 Å². The van der Waals surface area contributed by atoms with Crippen LogP contribution < -0.4 is 16.8 Å². The van der Waals surface area contributed by atoms with Crippen molar-refractivity contribution in [2.75, 3.05) is 11.5 Å². The number of nitrogen functional groups attached to an aromatic ring is 2. The maximum absolute atomic E-state index is 11.9. The zero-order valence-electron chi connectivity index (χ0n) is 11.0. The number of nitrogens with two attached hydrogens (primary N) is 2. The van der Waals surface area contributed by atoms with Crippen LogP contribution >= 0.6 is 11.8 Å². The molecule has 6 nitrogen and oxygen atoms in total. The van der Waals surface area contributed by atoms with Crippen molar-refractivity contribution in [3.8, 4) is 0 Å². The fourth-order valence-corrected chi connectivity index (χ4v) is 2.00. The molecule has 0 bridgehead atoms. The molecule has 5 N–H and O–H groups in total. The Morgan fingerprint density at radius 3 is 2.28 bits per heavy atom. The Bertz CT molecular complexity index is 423. The Kier molecular flexibility index (Phi) is 4.39. The maximum Gasteiger partial charge on any atom is 0.233 e. The highest BCUT2D eigenvalue weighted by Crippen LogP contribution is 2.22. The van der Waals surface area contributed by atoms with E-state index in [4.69, 9.17) is 11.5 Å². The van der Waals surface area contributed by atoms with E-state index in [-0.39, 0.29) is 16.7 Å². The molecular weight excluding hydrogens is 250 g/mol. The maximum atomic E-state index is 11.9. The van der Waals surface area contributed by atoms with E-state index in [1.54, 1.807) is 6.92 Å². The van der Waals surface area contributed by atoms with Crippen LogP contribution in [0.25, 0.3) is 0 Å². The SMILES string of the molecule is CC(Sc1nc(N)cc(N)n1)C(=O)NC(C)(C)C. The van der Waals surface area contributed by atoms with Gasteiger partial charge in [0.15, 0.2) is 5.16 Å². The highest BCUT2D eigenvalue weighted by atomic mass is 32.2. The lowest BCUT2D eigenvalue weighted by Gasteiger charge is -2.22. The summed E-state index contributed by atoms with van der Waals surface area (Å²) >= 11 is 1.23. The minimum Gasteiger partial charge on any atom is -0.383 e. The molecule has 7 heteroatoms. The average molecular weight is 269 g/mol. The second kappa shape index (κ2) is 5.43. The second-order valence-corrected chi connectivity index (χ2v) is 6.31. The van der Waals surface area contributed by atoms with E-state index in [1.807, 2.05) is 20.8 Å². The molecule has 1 amide bonds. The number of aromatic nitrogens is 2. The molecule has 100 valence electrons. The van der Waals surface area contributed by atoms with Crippen LogP contribution in [0.3, 0.4) is 0 Å². The summed E-state index contributed by atoms with van der Waals surface area (Å²) in [5, 5.41) is 2.98. The summed E-state index contributed by atoms with van der Waals surface area (Å²) in [5.41, 5.74) is 10.9. The fourth-order valence-electron chi connectivity index (χ4n) is 1.20. The van der Waals surface area contributed by atoms with E-state index in [0.717, 1.165) is 0 Å². The third-order valence-electron chi connectivity index (χ3n) is 1.89. The summed E-state index contributed by atoms with van der Waals surface area (Å²) in [6.45, 7) is 7.57. The standard InChI is InChI=1S/C11H19N5OS/c1-6(9(17)16-11(2,3)4)18-10-14-7(12)5-8(13)15-10/h5-6H,1-4H3,(H,16,17)(H4,12,13,14,15). The van der Waals surface area contributed by atoms with Gasteiger partial charge in [-0.2, -0.15) is 0 Å². The number of anilines is 2. The van der Waals surface area contributed by atoms with Gasteiger partial charge in [0, 0.05) is 11.6 Å². The number of hydrogen-bond acceptors (Lipinski definition) is 6. The van der Waals surface area contributed by atoms with Gasteiger partial charge in [-0.3, -0.25) is 4.79 Å². The van der Waals surface area contributed by atoms with E-state index in [9.17, 15) is 4.79 Å². The van der Waals surface area contributed by atoms with Crippen molar-refractivity contribution >= 4 is 29.3 Å². The first-order chi connectivity index (χ1) is 8.17. The smallest absolute Gasteiger partial charge is 0.233 e. The third-order valence-corrected chi connectivity index (χ3v) is 2.86. The van der Waals surface area contributed by atoms with Crippen molar-refractivity contribution in [2.45, 2.75) is 43.6 Å². The third kappa shape index (κ3) is 4.79. The molecule has 1 unspecified atom stereocenters. The quantitative estimate of drug-likeness (QED) is 0.559. The summed E-state index contributed by atoms with van der Waals surface area (Å²) in [6, 6.07) is 1.48. The van der Waals surface area contributed by atoms with Crippen molar-refractivity contribution in [3.05, 3.63) is 6.07 Å². The summed E-state index contributed by atoms with van der Waals surface area (Å²) in [7, 11) is 0. The summed E-state index contributed by atoms with van der Waals surface area (Å²) in [4.78, 5) is 19.9. The Hall–Kier alpha value is -1.50. The number of amides is 1. The lowest BCUT2D eigenvalue weighted by atomic mass is 10.1. The van der Waals surface area contributed by atoms with Crippen molar-refractivity contribution in [3.63, 3.8) is 0 Å². The van der Waals surface area contributed by atoms with Gasteiger partial charge in [0.1, 0.15) is 11.6 Å². The highest BCUT2D eigenvalue weighted by Gasteiger charge is 2.21. The number of thioether (sulfide) groups is 1. The van der Waals surface area contributed by atoms with Gasteiger partial charge < -0.3 is 16.8 Å². The molecular formula is C11H19N5OS. The zero-order chi connectivity index (χ0) is 13.9. The zero-order valence-corrected chi connectivity index (χ0v) is 11.8. The van der Waals surface area contributed by atoms with Crippen LogP contribution in [-0.4, -0.2) is 26.7 Å². The van der Waals surface area contributed by atoms with Crippen LogP contribution in [0.5, 0.6) is 0 Å². The van der Waals surface area contributed by atoms with Crippen molar-refractivity contribution < 1.29 is 4.79 Å². The van der Waals surface area contributed by atoms with Gasteiger partial charge in [0.25, 0.3) is 0 Å². The van der Waals surface area contributed by atoms with Crippen LogP contribution in [0.2, 0.25) is 0 Å². The van der Waals surface area contributed by atoms with E-state index in [2.05, 4.69) is 15.3 Å². The van der Waals surface area contributed by atoms with Crippen LogP contribution in [0.15, 0.2) is 11.2 Å². The average Bonchev–Trinajstić information content (AvgIpc) is 2.12. The first-order valence-corrected chi connectivity index (χ1v) is 6.44. The van der Waals surface area contributed by atoms with Crippen molar-refractivity contribution in [2.24, 2.45) is 0 Å². The molecule has 0 aliphatic carbocycles. The van der Waals surface area contributed by atoms with Gasteiger partial charge in [0.05, 0.1) is 5.25 Å². The number of hydrogen-bond donors (Lipinski definition) is 3. The largest absolute Gasteiger partial charge is 0.383 e. The molecule has 0 aliphatic heterocycles. The van der Waals surface area contributed by atoms with Gasteiger partial charge in [-0.1, -0.05) is 11.8 Å². The number of nitrogens with zero attached hydrogens (tertiary/aromatic N) is 2. The van der Waals surface area contributed by atoms with Gasteiger partial charge >= 0.3 is 0 Å². The number of nitrogens with one attached hydrogen (secondary N) is 1. The lowest BCUT2D eigenvalue weighted by Crippen LogP contribution is -2.44. The predicted octanol–water partition coefficient (Wildman–Crippen LogP) is 1.04. The number of carbonyl (C=O) groups excluding carboxylic acids is 1. The Morgan fingerprint density at radius 1 is 1.33 bits per heavy atom. The molecule has 0 aliphatic rings. The minimum absolute atomic E-state index is 0.0721. The predicted molar refractivity (Wildman–Crippen MR) is 74.1 cm³/mol. The van der Waals surface area contributed by atoms with Gasteiger partial charge in [0.2, 0.25) is 5.91 Å². The van der Waals surface area contributed by atoms with Gasteiger partial charge in [-0.15, -0.1) is 0 Å². The van der Waals surface area contributed by atoms with Crippen molar-refractivity contribution in [1.82, 2.24) is 15.3 Å². The molecule has 1 atom stereocenters. The summed E-state index contributed by atoms with van der Waals surface area (Å²) in [6.07, 6.45) is 0. The molecule has 1 aromatic rings. The van der Waals surface area contributed by atoms with Crippen molar-refractivity contribution in [1.29, 1.82) is 0 Å². The molecule has 1 heterocycles. The second-order valence-electron chi connectivity index (χ2n) is 5.00. The Labute approximate surface area is 111 Å². The minimum atomic E-state index is -0.314. The van der Waals surface area contributed by atoms with Crippen LogP contribution in [0, 0.1) is 0 Å². The monoisotopic (exact) mass is 269 g/mol. The van der Waals surface area contributed by atoms with E-state index in [1.165, 1.54) is 17.8 Å². The molecule has 0 radical (unpaired) electrons. The van der Waals surface area contributed by atoms with E-state index in [0.29, 0.717) is 16.8 Å². The molecule has 0 aromatic carbocycles. The molecule has 1 rings (SSSR count). The Balaban J connectivity index is 2.69. The highest BCUT2D eigenvalue weighted by molar-refractivity contribution is 8.00. The van der Waals surface area contributed by atoms with Gasteiger partial charge in [-0.25, -0.2) is 9.97 Å². The lowest BCUT2D eigenvalue weighted by molar-refractivity contribution is -0.121. The Morgan fingerprint density at radius 2 is 1.83 bits per heavy atom. The molecule has 0 spiro atoms. The molecule has 1 aromatic heterocycles. The van der Waals surface area contributed by atoms with Crippen LogP contribution in [0.4, 0.5) is 11.6 Å².